The van der Waals surface area contributed by atoms with Crippen molar-refractivity contribution in [3.63, 3.8) is 0 Å². The first kappa shape index (κ1) is 21.1. The van der Waals surface area contributed by atoms with Gasteiger partial charge in [-0.25, -0.2) is 4.39 Å². The van der Waals surface area contributed by atoms with Gasteiger partial charge in [0, 0.05) is 31.6 Å². The number of carbonyl (C=O) groups excluding carboxylic acids is 1. The Kier molecular flexibility index (Phi) is 7.09. The fourth-order valence-corrected chi connectivity index (χ4v) is 3.81. The fraction of sp³-hybridized carbons (Fsp3) is 0.435. The lowest BCUT2D eigenvalue weighted by Crippen LogP contribution is -2.44. The van der Waals surface area contributed by atoms with E-state index in [-0.39, 0.29) is 17.1 Å². The normalized spacial score (nSPS) is 15.6. The molecule has 1 aliphatic rings. The van der Waals surface area contributed by atoms with Crippen molar-refractivity contribution < 1.29 is 23.4 Å². The molecular weight excluding hydrogens is 373 g/mol. The molecule has 2 aromatic carbocycles. The van der Waals surface area contributed by atoms with Gasteiger partial charge in [-0.05, 0) is 60.7 Å². The number of hydrogen-bond donors (Lipinski definition) is 1. The molecular formula is C23H28FNO4. The summed E-state index contributed by atoms with van der Waals surface area (Å²) in [4.78, 5) is 12.6. The van der Waals surface area contributed by atoms with Gasteiger partial charge in [0.2, 0.25) is 5.91 Å². The van der Waals surface area contributed by atoms with Gasteiger partial charge >= 0.3 is 0 Å². The average Bonchev–Trinajstić information content (AvgIpc) is 2.77. The average molecular weight is 401 g/mol. The van der Waals surface area contributed by atoms with Gasteiger partial charge in [0.05, 0.1) is 14.2 Å². The van der Waals surface area contributed by atoms with Gasteiger partial charge in [0.25, 0.3) is 0 Å². The topological polar surface area (TPSA) is 56.8 Å². The molecule has 6 heteroatoms. The van der Waals surface area contributed by atoms with E-state index in [2.05, 4.69) is 5.32 Å². The SMILES string of the molecule is COc1ccc(OC)c(CCC(=O)NCC2(c3ccc(F)cc3)CCOCC2)c1. The maximum Gasteiger partial charge on any atom is 0.220 e. The van der Waals surface area contributed by atoms with Crippen molar-refractivity contribution in [1.82, 2.24) is 5.32 Å². The number of amides is 1. The number of nitrogens with one attached hydrogen (secondary N) is 1. The molecule has 0 unspecified atom stereocenters. The Morgan fingerprint density at radius 3 is 2.48 bits per heavy atom. The zero-order valence-electron chi connectivity index (χ0n) is 17.0. The monoisotopic (exact) mass is 401 g/mol. The highest BCUT2D eigenvalue weighted by Crippen LogP contribution is 2.34. The number of aryl methyl sites for hydroxylation is 1. The van der Waals surface area contributed by atoms with Gasteiger partial charge in [-0.2, -0.15) is 0 Å². The van der Waals surface area contributed by atoms with Gasteiger partial charge in [0.1, 0.15) is 17.3 Å². The molecule has 0 aliphatic carbocycles. The number of carbonyl (C=O) groups is 1. The van der Waals surface area contributed by atoms with E-state index in [0.717, 1.165) is 35.5 Å². The van der Waals surface area contributed by atoms with Gasteiger partial charge < -0.3 is 19.5 Å². The molecule has 1 N–H and O–H groups in total. The minimum Gasteiger partial charge on any atom is -0.497 e. The van der Waals surface area contributed by atoms with E-state index in [1.54, 1.807) is 14.2 Å². The highest BCUT2D eigenvalue weighted by molar-refractivity contribution is 5.76. The van der Waals surface area contributed by atoms with Crippen LogP contribution in [0.1, 0.15) is 30.4 Å². The van der Waals surface area contributed by atoms with E-state index >= 15 is 0 Å². The van der Waals surface area contributed by atoms with Gasteiger partial charge in [0.15, 0.2) is 0 Å². The van der Waals surface area contributed by atoms with Crippen molar-refractivity contribution in [3.8, 4) is 11.5 Å². The van der Waals surface area contributed by atoms with Gasteiger partial charge in [-0.3, -0.25) is 4.79 Å². The third-order valence-corrected chi connectivity index (χ3v) is 5.64. The molecule has 1 saturated heterocycles. The first-order valence-corrected chi connectivity index (χ1v) is 9.88. The predicted octanol–water partition coefficient (Wildman–Crippen LogP) is 3.64. The molecule has 29 heavy (non-hydrogen) atoms. The second kappa shape index (κ2) is 9.74. The lowest BCUT2D eigenvalue weighted by Gasteiger charge is -2.38. The Hall–Kier alpha value is -2.60. The summed E-state index contributed by atoms with van der Waals surface area (Å²) in [6.07, 6.45) is 2.49. The summed E-state index contributed by atoms with van der Waals surface area (Å²) < 4.78 is 29.5. The highest BCUT2D eigenvalue weighted by Gasteiger charge is 2.34. The summed E-state index contributed by atoms with van der Waals surface area (Å²) in [5.41, 5.74) is 1.74. The number of methoxy groups -OCH3 is 2. The van der Waals surface area contributed by atoms with Crippen molar-refractivity contribution in [1.29, 1.82) is 0 Å². The van der Waals surface area contributed by atoms with E-state index < -0.39 is 0 Å². The zero-order chi connectivity index (χ0) is 20.7. The smallest absolute Gasteiger partial charge is 0.220 e. The molecule has 0 spiro atoms. The highest BCUT2D eigenvalue weighted by atomic mass is 19.1. The third-order valence-electron chi connectivity index (χ3n) is 5.64. The van der Waals surface area contributed by atoms with Crippen LogP contribution in [0.5, 0.6) is 11.5 Å². The van der Waals surface area contributed by atoms with E-state index in [0.29, 0.717) is 32.6 Å². The predicted molar refractivity (Wildman–Crippen MR) is 109 cm³/mol. The van der Waals surface area contributed by atoms with Crippen LogP contribution in [0.4, 0.5) is 4.39 Å². The van der Waals surface area contributed by atoms with Crippen molar-refractivity contribution in [2.75, 3.05) is 34.0 Å². The summed E-state index contributed by atoms with van der Waals surface area (Å²) in [6.45, 7) is 1.78. The lowest BCUT2D eigenvalue weighted by molar-refractivity contribution is -0.121. The number of halogens is 1. The van der Waals surface area contributed by atoms with Crippen LogP contribution in [-0.4, -0.2) is 39.9 Å². The van der Waals surface area contributed by atoms with E-state index in [4.69, 9.17) is 14.2 Å². The Bertz CT molecular complexity index is 816. The largest absolute Gasteiger partial charge is 0.497 e. The van der Waals surface area contributed by atoms with Crippen LogP contribution >= 0.6 is 0 Å². The van der Waals surface area contributed by atoms with Crippen LogP contribution in [0, 0.1) is 5.82 Å². The molecule has 1 aliphatic heterocycles. The molecule has 1 fully saturated rings. The van der Waals surface area contributed by atoms with Crippen LogP contribution < -0.4 is 14.8 Å². The first-order chi connectivity index (χ1) is 14.1. The van der Waals surface area contributed by atoms with Crippen molar-refractivity contribution in [2.24, 2.45) is 0 Å². The summed E-state index contributed by atoms with van der Waals surface area (Å²) in [5.74, 6) is 1.19. The Morgan fingerprint density at radius 2 is 1.83 bits per heavy atom. The molecule has 0 radical (unpaired) electrons. The van der Waals surface area contributed by atoms with Gasteiger partial charge in [-0.1, -0.05) is 12.1 Å². The number of benzene rings is 2. The molecule has 1 amide bonds. The second-order valence-corrected chi connectivity index (χ2v) is 7.35. The molecule has 0 atom stereocenters. The Morgan fingerprint density at radius 1 is 1.10 bits per heavy atom. The third kappa shape index (κ3) is 5.26. The molecule has 3 rings (SSSR count). The molecule has 0 aromatic heterocycles. The minimum atomic E-state index is -0.257. The molecule has 0 bridgehead atoms. The summed E-state index contributed by atoms with van der Waals surface area (Å²) >= 11 is 0. The summed E-state index contributed by atoms with van der Waals surface area (Å²) in [5, 5.41) is 3.08. The number of hydrogen-bond acceptors (Lipinski definition) is 4. The fourth-order valence-electron chi connectivity index (χ4n) is 3.81. The Balaban J connectivity index is 1.63. The number of rotatable bonds is 8. The molecule has 1 heterocycles. The molecule has 156 valence electrons. The maximum atomic E-state index is 13.4. The molecule has 2 aromatic rings. The van der Waals surface area contributed by atoms with Crippen LogP contribution in [0.15, 0.2) is 42.5 Å². The minimum absolute atomic E-state index is 0.0251. The van der Waals surface area contributed by atoms with Crippen LogP contribution in [0.25, 0.3) is 0 Å². The molecule has 0 saturated carbocycles. The van der Waals surface area contributed by atoms with Crippen LogP contribution in [0.2, 0.25) is 0 Å². The van der Waals surface area contributed by atoms with Gasteiger partial charge in [-0.15, -0.1) is 0 Å². The number of ether oxygens (including phenoxy) is 3. The van der Waals surface area contributed by atoms with E-state index in [9.17, 15) is 9.18 Å². The van der Waals surface area contributed by atoms with Crippen LogP contribution in [0.3, 0.4) is 0 Å². The Labute approximate surface area is 171 Å². The quantitative estimate of drug-likeness (QED) is 0.734. The first-order valence-electron chi connectivity index (χ1n) is 9.88. The summed E-state index contributed by atoms with van der Waals surface area (Å²) in [6, 6.07) is 12.1. The van der Waals surface area contributed by atoms with E-state index in [1.807, 2.05) is 30.3 Å². The van der Waals surface area contributed by atoms with Crippen molar-refractivity contribution >= 4 is 5.91 Å². The lowest BCUT2D eigenvalue weighted by atomic mass is 9.74. The zero-order valence-corrected chi connectivity index (χ0v) is 17.0. The van der Waals surface area contributed by atoms with E-state index in [1.165, 1.54) is 12.1 Å². The standard InChI is InChI=1S/C23H28FNO4/c1-27-20-8-9-21(28-2)17(15-20)3-10-22(26)25-16-23(11-13-29-14-12-23)18-4-6-19(24)7-5-18/h4-9,15H,3,10-14,16H2,1-2H3,(H,25,26). The van der Waals surface area contributed by atoms with Crippen LogP contribution in [-0.2, 0) is 21.4 Å². The summed E-state index contributed by atoms with van der Waals surface area (Å²) in [7, 11) is 3.23. The second-order valence-electron chi connectivity index (χ2n) is 7.35. The van der Waals surface area contributed by atoms with Crippen molar-refractivity contribution in [2.45, 2.75) is 31.1 Å². The maximum absolute atomic E-state index is 13.4. The molecule has 5 nitrogen and oxygen atoms in total. The van der Waals surface area contributed by atoms with Crippen molar-refractivity contribution in [3.05, 3.63) is 59.4 Å².